The van der Waals surface area contributed by atoms with Gasteiger partial charge >= 0.3 is 0 Å². The van der Waals surface area contributed by atoms with Crippen molar-refractivity contribution in [3.8, 4) is 0 Å². The highest BCUT2D eigenvalue weighted by atomic mass is 127. The molecule has 0 fully saturated rings. The van der Waals surface area contributed by atoms with E-state index < -0.39 is 0 Å². The Bertz CT molecular complexity index is 395. The van der Waals surface area contributed by atoms with Crippen LogP contribution in [0.3, 0.4) is 0 Å². The van der Waals surface area contributed by atoms with Gasteiger partial charge in [0.2, 0.25) is 0 Å². The zero-order chi connectivity index (χ0) is 13.4. The highest BCUT2D eigenvalue weighted by Crippen LogP contribution is 2.15. The second kappa shape index (κ2) is 8.91. The van der Waals surface area contributed by atoms with Crippen molar-refractivity contribution in [1.29, 1.82) is 0 Å². The molecule has 100 valence electrons. The number of aryl methyl sites for hydroxylation is 1. The average Bonchev–Trinajstić information content (AvgIpc) is 2.33. The van der Waals surface area contributed by atoms with E-state index in [2.05, 4.69) is 43.8 Å². The summed E-state index contributed by atoms with van der Waals surface area (Å²) in [5.74, 6) is 0.0360. The van der Waals surface area contributed by atoms with E-state index >= 15 is 0 Å². The number of unbranched alkanes of at least 4 members (excludes halogenated alkanes) is 3. The third-order valence-corrected chi connectivity index (χ3v) is 4.04. The number of benzene rings is 1. The standard InChI is InChI=1S/C14H19BrINO/c1-11-10-12(15)6-7-13(11)14(18)17-9-5-3-2-4-8-16/h6-7,10H,2-5,8-9H2,1H3,(H,17,18). The maximum absolute atomic E-state index is 11.9. The van der Waals surface area contributed by atoms with Crippen molar-refractivity contribution in [3.05, 3.63) is 33.8 Å². The number of carbonyl (C=O) groups excluding carboxylic acids is 1. The molecule has 1 amide bonds. The zero-order valence-electron chi connectivity index (χ0n) is 10.6. The summed E-state index contributed by atoms with van der Waals surface area (Å²) in [6, 6.07) is 5.74. The molecule has 0 aliphatic carbocycles. The molecule has 0 spiro atoms. The molecule has 1 aromatic rings. The Morgan fingerprint density at radius 2 is 2.00 bits per heavy atom. The second-order valence-corrected chi connectivity index (χ2v) is 6.31. The molecule has 1 aromatic carbocycles. The van der Waals surface area contributed by atoms with Crippen molar-refractivity contribution in [3.63, 3.8) is 0 Å². The van der Waals surface area contributed by atoms with Gasteiger partial charge in [0.25, 0.3) is 5.91 Å². The van der Waals surface area contributed by atoms with Crippen LogP contribution in [0.1, 0.15) is 41.6 Å². The van der Waals surface area contributed by atoms with Crippen molar-refractivity contribution < 1.29 is 4.79 Å². The predicted molar refractivity (Wildman–Crippen MR) is 88.6 cm³/mol. The number of halogens is 2. The number of hydrogen-bond acceptors (Lipinski definition) is 1. The first-order chi connectivity index (χ1) is 8.65. The summed E-state index contributed by atoms with van der Waals surface area (Å²) in [4.78, 5) is 11.9. The van der Waals surface area contributed by atoms with Gasteiger partial charge in [-0.1, -0.05) is 51.4 Å². The van der Waals surface area contributed by atoms with E-state index in [9.17, 15) is 4.79 Å². The molecule has 0 aliphatic rings. The fourth-order valence-corrected chi connectivity index (χ4v) is 2.77. The molecule has 0 saturated carbocycles. The Kier molecular flexibility index (Phi) is 7.90. The lowest BCUT2D eigenvalue weighted by Gasteiger charge is -2.08. The maximum Gasteiger partial charge on any atom is 0.251 e. The van der Waals surface area contributed by atoms with Gasteiger partial charge in [-0.15, -0.1) is 0 Å². The Labute approximate surface area is 131 Å². The first-order valence-electron chi connectivity index (χ1n) is 6.25. The van der Waals surface area contributed by atoms with Crippen LogP contribution in [-0.2, 0) is 0 Å². The zero-order valence-corrected chi connectivity index (χ0v) is 14.4. The highest BCUT2D eigenvalue weighted by molar-refractivity contribution is 14.1. The van der Waals surface area contributed by atoms with Crippen LogP contribution >= 0.6 is 38.5 Å². The Hall–Kier alpha value is -0.100. The third kappa shape index (κ3) is 5.69. The summed E-state index contributed by atoms with van der Waals surface area (Å²) in [6.45, 7) is 2.73. The first kappa shape index (κ1) is 16.0. The van der Waals surface area contributed by atoms with Gasteiger partial charge in [-0.2, -0.15) is 0 Å². The van der Waals surface area contributed by atoms with Crippen LogP contribution in [-0.4, -0.2) is 16.9 Å². The minimum atomic E-state index is 0.0360. The molecule has 4 heteroatoms. The molecule has 0 aromatic heterocycles. The van der Waals surface area contributed by atoms with Gasteiger partial charge in [0.05, 0.1) is 0 Å². The Balaban J connectivity index is 2.32. The number of nitrogens with one attached hydrogen (secondary N) is 1. The molecule has 0 aliphatic heterocycles. The summed E-state index contributed by atoms with van der Waals surface area (Å²) < 4.78 is 2.23. The van der Waals surface area contributed by atoms with Crippen molar-refractivity contribution >= 4 is 44.4 Å². The molecule has 2 nitrogen and oxygen atoms in total. The van der Waals surface area contributed by atoms with E-state index in [1.165, 1.54) is 23.7 Å². The van der Waals surface area contributed by atoms with Crippen LogP contribution in [0, 0.1) is 6.92 Å². The van der Waals surface area contributed by atoms with Gasteiger partial charge in [-0.05, 0) is 48.0 Å². The van der Waals surface area contributed by atoms with Crippen LogP contribution < -0.4 is 5.32 Å². The molecular formula is C14H19BrINO. The van der Waals surface area contributed by atoms with E-state index in [4.69, 9.17) is 0 Å². The van der Waals surface area contributed by atoms with Gasteiger partial charge in [-0.3, -0.25) is 4.79 Å². The predicted octanol–water partition coefficient (Wildman–Crippen LogP) is 4.48. The van der Waals surface area contributed by atoms with E-state index in [0.717, 1.165) is 28.6 Å². The van der Waals surface area contributed by atoms with E-state index in [-0.39, 0.29) is 5.91 Å². The van der Waals surface area contributed by atoms with Gasteiger partial charge in [0.15, 0.2) is 0 Å². The minimum absolute atomic E-state index is 0.0360. The number of rotatable bonds is 7. The van der Waals surface area contributed by atoms with Crippen LogP contribution in [0.5, 0.6) is 0 Å². The highest BCUT2D eigenvalue weighted by Gasteiger charge is 2.07. The van der Waals surface area contributed by atoms with E-state index in [1.807, 2.05) is 25.1 Å². The maximum atomic E-state index is 11.9. The fraction of sp³-hybridized carbons (Fsp3) is 0.500. The summed E-state index contributed by atoms with van der Waals surface area (Å²) in [7, 11) is 0. The quantitative estimate of drug-likeness (QED) is 0.391. The lowest BCUT2D eigenvalue weighted by Crippen LogP contribution is -2.25. The third-order valence-electron chi connectivity index (χ3n) is 2.78. The number of carbonyl (C=O) groups is 1. The van der Waals surface area contributed by atoms with Gasteiger partial charge in [0.1, 0.15) is 0 Å². The van der Waals surface area contributed by atoms with E-state index in [1.54, 1.807) is 0 Å². The first-order valence-corrected chi connectivity index (χ1v) is 8.57. The monoisotopic (exact) mass is 423 g/mol. The molecule has 0 radical (unpaired) electrons. The van der Waals surface area contributed by atoms with Gasteiger partial charge in [0, 0.05) is 16.6 Å². The molecule has 1 N–H and O–H groups in total. The summed E-state index contributed by atoms with van der Waals surface area (Å²) in [5, 5.41) is 2.98. The molecule has 1 rings (SSSR count). The second-order valence-electron chi connectivity index (χ2n) is 4.32. The normalized spacial score (nSPS) is 10.4. The smallest absolute Gasteiger partial charge is 0.251 e. The Morgan fingerprint density at radius 3 is 2.67 bits per heavy atom. The summed E-state index contributed by atoms with van der Waals surface area (Å²) in [5.41, 5.74) is 1.78. The van der Waals surface area contributed by atoms with E-state index in [0.29, 0.717) is 0 Å². The largest absolute Gasteiger partial charge is 0.352 e. The SMILES string of the molecule is Cc1cc(Br)ccc1C(=O)NCCCCCCI. The van der Waals surface area contributed by atoms with Crippen molar-refractivity contribution in [2.75, 3.05) is 11.0 Å². The average molecular weight is 424 g/mol. The van der Waals surface area contributed by atoms with Crippen LogP contribution in [0.25, 0.3) is 0 Å². The molecule has 0 saturated heterocycles. The van der Waals surface area contributed by atoms with Gasteiger partial charge in [-0.25, -0.2) is 0 Å². The molecular weight excluding hydrogens is 405 g/mol. The van der Waals surface area contributed by atoms with Gasteiger partial charge < -0.3 is 5.32 Å². The topological polar surface area (TPSA) is 29.1 Å². The van der Waals surface area contributed by atoms with Crippen LogP contribution in [0.15, 0.2) is 22.7 Å². The fourth-order valence-electron chi connectivity index (χ4n) is 1.75. The van der Waals surface area contributed by atoms with Crippen molar-refractivity contribution in [2.24, 2.45) is 0 Å². The molecule has 0 bridgehead atoms. The van der Waals surface area contributed by atoms with Crippen LogP contribution in [0.4, 0.5) is 0 Å². The lowest BCUT2D eigenvalue weighted by atomic mass is 10.1. The van der Waals surface area contributed by atoms with Crippen molar-refractivity contribution in [1.82, 2.24) is 5.32 Å². The Morgan fingerprint density at radius 1 is 1.28 bits per heavy atom. The van der Waals surface area contributed by atoms with Crippen molar-refractivity contribution in [2.45, 2.75) is 32.6 Å². The minimum Gasteiger partial charge on any atom is -0.352 e. The number of hydrogen-bond donors (Lipinski definition) is 1. The summed E-state index contributed by atoms with van der Waals surface area (Å²) >= 11 is 5.80. The molecule has 18 heavy (non-hydrogen) atoms. The molecule has 0 heterocycles. The summed E-state index contributed by atoms with van der Waals surface area (Å²) in [6.07, 6.45) is 4.80. The molecule has 0 unspecified atom stereocenters. The number of amides is 1. The molecule has 0 atom stereocenters. The lowest BCUT2D eigenvalue weighted by molar-refractivity contribution is 0.0952. The number of alkyl halides is 1. The van der Waals surface area contributed by atoms with Crippen LogP contribution in [0.2, 0.25) is 0 Å².